The number of primary amides is 1. The number of H-pyrrole nitrogens is 3. The molecular formula is C101H138N22O22S. The van der Waals surface area contributed by atoms with Crippen LogP contribution in [0.5, 0.6) is 5.75 Å². The van der Waals surface area contributed by atoms with Gasteiger partial charge in [-0.3, -0.25) is 86.3 Å². The lowest BCUT2D eigenvalue weighted by Crippen LogP contribution is -2.61. The molecule has 146 heavy (non-hydrogen) atoms. The number of phenolic OH excluding ortho intramolecular Hbond substituents is 1. The van der Waals surface area contributed by atoms with Crippen LogP contribution in [0.25, 0.3) is 21.8 Å². The predicted octanol–water partition coefficient (Wildman–Crippen LogP) is 1.11. The van der Waals surface area contributed by atoms with Crippen molar-refractivity contribution < 1.29 is 106 Å². The van der Waals surface area contributed by atoms with E-state index < -0.39 is 241 Å². The van der Waals surface area contributed by atoms with Gasteiger partial charge in [-0.05, 0) is 144 Å². The summed E-state index contributed by atoms with van der Waals surface area (Å²) in [6.07, 6.45) is 3.90. The molecule has 3 saturated heterocycles. The molecule has 16 amide bonds. The summed E-state index contributed by atoms with van der Waals surface area (Å²) < 4.78 is 6.53. The fourth-order valence-electron chi connectivity index (χ4n) is 18.2. The number of aliphatic carboxylic acids is 2. The molecule has 0 spiro atoms. The van der Waals surface area contributed by atoms with Crippen LogP contribution in [0.15, 0.2) is 128 Å². The molecule has 3 aromatic heterocycles. The van der Waals surface area contributed by atoms with E-state index in [1.54, 1.807) is 54.9 Å². The molecule has 6 heterocycles. The Morgan fingerprint density at radius 2 is 0.986 bits per heavy atom. The van der Waals surface area contributed by atoms with Crippen molar-refractivity contribution in [2.24, 2.45) is 17.2 Å². The molecule has 3 aliphatic heterocycles. The lowest BCUT2D eigenvalue weighted by atomic mass is 9.99. The molecule has 3 aliphatic rings. The van der Waals surface area contributed by atoms with E-state index >= 15 is 47.9 Å². The third-order valence-corrected chi connectivity index (χ3v) is 27.6. The molecule has 22 N–H and O–H groups in total. The summed E-state index contributed by atoms with van der Waals surface area (Å²) in [5, 5.41) is 58.9. The van der Waals surface area contributed by atoms with Crippen LogP contribution < -0.4 is 70.4 Å². The molecule has 15 atom stereocenters. The van der Waals surface area contributed by atoms with Gasteiger partial charge in [0.25, 0.3) is 0 Å². The van der Waals surface area contributed by atoms with Crippen molar-refractivity contribution >= 4 is 140 Å². The first-order valence-corrected chi connectivity index (χ1v) is 50.8. The average Bonchev–Trinajstić information content (AvgIpc) is 1.60. The predicted molar refractivity (Wildman–Crippen MR) is 539 cm³/mol. The minimum absolute atomic E-state index is 0.0138. The highest BCUT2D eigenvalue weighted by molar-refractivity contribution is 8.00. The van der Waals surface area contributed by atoms with E-state index in [4.69, 9.17) is 21.9 Å². The second-order valence-electron chi connectivity index (χ2n) is 37.2. The SMILES string of the molecule is CCCC[C@H]1C(=O)N(C)[C@@H](CCCC)C(=O)N[C@@H](CCC(=O)O)C(=O)N[C@H](C(=O)NCC(N)=O)CSCC(=O)N[C@@H](Cc2ccc(O)cc2)C(=O)N(C)[C@@H](C)C(=O)N[C@@H](CCC(=O)O)C(=O)N2CCC[C@H]2C(=O)N[C@@H](Cc2c[nH]cn2)C(=O)N[C@@H](CCCCN)C(=O)N2C[C@H](OCc3ccccc3)C[C@H]2C(=O)N[C@@H](Cc2c[nH]c3ccccc23)C(=O)N[C@@H](CCCCN)C(=O)N[C@@H](Cc2c[nH]c3ccccc23)C(=O)N1C. The molecule has 4 aromatic carbocycles. The van der Waals surface area contributed by atoms with Crippen LogP contribution in [-0.4, -0.2) is 322 Å². The van der Waals surface area contributed by atoms with Crippen molar-refractivity contribution in [3.63, 3.8) is 0 Å². The Morgan fingerprint density at radius 1 is 0.486 bits per heavy atom. The van der Waals surface area contributed by atoms with Gasteiger partial charge in [0.05, 0.1) is 37.0 Å². The number of aromatic nitrogens is 4. The number of likely N-dealkylation sites (N-methyl/N-ethyl adjacent to an activating group) is 3. The second kappa shape index (κ2) is 56.2. The third-order valence-electron chi connectivity index (χ3n) is 26.5. The Hall–Kier alpha value is -14.3. The van der Waals surface area contributed by atoms with Crippen LogP contribution in [0.4, 0.5) is 0 Å². The quantitative estimate of drug-likeness (QED) is 0.0251. The molecule has 44 nitrogen and oxygen atoms in total. The number of phenols is 1. The van der Waals surface area contributed by atoms with Crippen LogP contribution in [-0.2, 0) is 123 Å². The number of hydrogen-bond acceptors (Lipinski definition) is 24. The Kier molecular flexibility index (Phi) is 43.7. The van der Waals surface area contributed by atoms with Gasteiger partial charge in [0.1, 0.15) is 90.3 Å². The number of hydrogen-bond donors (Lipinski definition) is 19. The first-order chi connectivity index (χ1) is 70.0. The number of carboxylic acids is 2. The number of nitrogens with two attached hydrogens (primary N) is 3. The number of unbranched alkanes of at least 4 members (excludes halogenated alkanes) is 4. The van der Waals surface area contributed by atoms with Gasteiger partial charge >= 0.3 is 11.9 Å². The molecule has 0 saturated carbocycles. The molecule has 7 aromatic rings. The molecule has 3 fully saturated rings. The number of nitrogens with zero attached hydrogens (tertiary/aromatic N) is 6. The molecular weight excluding hydrogens is 1910 g/mol. The maximum absolute atomic E-state index is 16.1. The number of thioether (sulfide) groups is 1. The van der Waals surface area contributed by atoms with Crippen molar-refractivity contribution in [3.05, 3.63) is 156 Å². The minimum Gasteiger partial charge on any atom is -0.508 e. The normalized spacial score (nSPS) is 23.8. The molecule has 790 valence electrons. The van der Waals surface area contributed by atoms with Gasteiger partial charge in [0.2, 0.25) is 94.5 Å². The maximum atomic E-state index is 16.1. The summed E-state index contributed by atoms with van der Waals surface area (Å²) in [6.45, 7) is 4.12. The first-order valence-electron chi connectivity index (χ1n) is 49.6. The maximum Gasteiger partial charge on any atom is 0.303 e. The summed E-state index contributed by atoms with van der Waals surface area (Å²) in [5.41, 5.74) is 21.4. The van der Waals surface area contributed by atoms with Crippen molar-refractivity contribution in [2.45, 2.75) is 266 Å². The largest absolute Gasteiger partial charge is 0.508 e. The Bertz CT molecular complexity index is 5670. The van der Waals surface area contributed by atoms with Gasteiger partial charge in [-0.2, -0.15) is 0 Å². The molecule has 0 radical (unpaired) electrons. The number of carboxylic acid groups (broad SMARTS) is 2. The Labute approximate surface area is 849 Å². The number of ether oxygens (including phenoxy) is 1. The Morgan fingerprint density at radius 3 is 1.59 bits per heavy atom. The van der Waals surface area contributed by atoms with E-state index in [0.717, 1.165) is 20.3 Å². The summed E-state index contributed by atoms with van der Waals surface area (Å²) in [4.78, 5) is 286. The number of aromatic amines is 3. The number of para-hydroxylation sites is 2. The van der Waals surface area contributed by atoms with Gasteiger partial charge < -0.3 is 130 Å². The van der Waals surface area contributed by atoms with Crippen molar-refractivity contribution in [2.75, 3.05) is 65.4 Å². The summed E-state index contributed by atoms with van der Waals surface area (Å²) in [7, 11) is 3.90. The first kappa shape index (κ1) is 114. The summed E-state index contributed by atoms with van der Waals surface area (Å²) >= 11 is 0.715. The van der Waals surface area contributed by atoms with Crippen molar-refractivity contribution in [3.8, 4) is 5.75 Å². The highest BCUT2D eigenvalue weighted by Gasteiger charge is 2.47. The van der Waals surface area contributed by atoms with E-state index in [2.05, 4.69) is 73.1 Å². The van der Waals surface area contributed by atoms with E-state index in [1.165, 1.54) is 74.7 Å². The fourth-order valence-corrected chi connectivity index (χ4v) is 19.0. The van der Waals surface area contributed by atoms with Gasteiger partial charge in [-0.1, -0.05) is 118 Å². The monoisotopic (exact) mass is 2040 g/mol. The Balaban J connectivity index is 1.06. The van der Waals surface area contributed by atoms with Gasteiger partial charge in [-0.25, -0.2) is 4.98 Å². The number of nitrogens with one attached hydrogen (secondary N) is 13. The molecule has 10 rings (SSSR count). The summed E-state index contributed by atoms with van der Waals surface area (Å²) in [5.74, 6) is -18.8. The number of amides is 16. The number of carbonyl (C=O) groups is 18. The lowest BCUT2D eigenvalue weighted by molar-refractivity contribution is -0.149. The van der Waals surface area contributed by atoms with Crippen molar-refractivity contribution in [1.82, 2.24) is 97.6 Å². The van der Waals surface area contributed by atoms with E-state index in [1.807, 2.05) is 50.2 Å². The third kappa shape index (κ3) is 32.6. The van der Waals surface area contributed by atoms with Crippen LogP contribution in [0.2, 0.25) is 0 Å². The fraction of sp³-hybridized carbons (Fsp3) is 0.515. The average molecular weight is 2040 g/mol. The number of carbonyl (C=O) groups excluding carboxylic acids is 16. The number of imidazole rings is 1. The lowest BCUT2D eigenvalue weighted by Gasteiger charge is -2.36. The van der Waals surface area contributed by atoms with E-state index in [-0.39, 0.29) is 134 Å². The van der Waals surface area contributed by atoms with Crippen LogP contribution in [0, 0.1) is 0 Å². The van der Waals surface area contributed by atoms with E-state index in [9.17, 15) is 53.7 Å². The molecule has 45 heteroatoms. The zero-order valence-corrected chi connectivity index (χ0v) is 83.9. The van der Waals surface area contributed by atoms with E-state index in [0.29, 0.717) is 82.4 Å². The molecule has 0 bridgehead atoms. The highest BCUT2D eigenvalue weighted by atomic mass is 32.2. The van der Waals surface area contributed by atoms with Gasteiger partial charge in [0.15, 0.2) is 0 Å². The minimum atomic E-state index is -1.79. The standard InChI is InChI=1S/C101H138N22O22S/c1-7-9-31-80-94(137)112-72(38-40-86(127)128)91(134)118-79(89(132)108-53-84(104)125)56-146-57-85(126)110-77(45-60-34-36-65(124)37-35-60)97(140)119(4)59(3)88(131)113-74(39-41-87(129)130)99(142)122-44-22-33-81(122)95(138)116-76(48-64-52-105-58-109-64)93(136)114-73(30-19-21-43-103)100(143)123-54-66(145-55-61-23-12-11-13-24-61)49-83(123)96(139)115-75(46-62-50-106-69-27-16-14-25-67(62)69)92(135)111-71(29-18-20-42-102)90(133)117-78(47-63-51-107-70-28-17-15-26-68(63)70)98(141)121(6)82(32-10-8-2)101(144)120(80)5/h11-17,23-28,34-37,50-52,58-59,66,71-83,106-107,124H,7-10,18-22,29-33,38-49,53-57,102-103H2,1-6H3,(H2,104,125)(H,105,109)(H,108,132)(H,110,126)(H,111,135)(H,112,137)(H,113,131)(H,114,136)(H,115,139)(H,116,138)(H,117,133)(H,118,134)(H,127,128)(H,129,130)/t59-,66+,71-,72-,73-,74-,75-,76-,77-,78-,79-,80-,81-,82-,83-/m0/s1. The second-order valence-corrected chi connectivity index (χ2v) is 38.2. The smallest absolute Gasteiger partial charge is 0.303 e. The highest BCUT2D eigenvalue weighted by Crippen LogP contribution is 2.30. The van der Waals surface area contributed by atoms with Crippen LogP contribution in [0.1, 0.15) is 171 Å². The molecule has 0 aliphatic carbocycles. The van der Waals surface area contributed by atoms with Gasteiger partial charge in [-0.15, -0.1) is 11.8 Å². The molecule has 0 unspecified atom stereocenters. The van der Waals surface area contributed by atoms with Crippen LogP contribution in [0.3, 0.4) is 0 Å². The van der Waals surface area contributed by atoms with Crippen LogP contribution >= 0.6 is 11.8 Å². The zero-order valence-electron chi connectivity index (χ0n) is 83.1. The number of rotatable bonds is 34. The topological polar surface area (TPSA) is 652 Å². The van der Waals surface area contributed by atoms with Crippen molar-refractivity contribution in [1.29, 1.82) is 0 Å². The summed E-state index contributed by atoms with van der Waals surface area (Å²) in [6, 6.07) is 7.30. The number of benzene rings is 4. The zero-order chi connectivity index (χ0) is 106. The van der Waals surface area contributed by atoms with Gasteiger partial charge in [0, 0.05) is 125 Å². The number of aromatic hydroxyl groups is 1. The number of fused-ring (bicyclic) bond motifs is 4.